The molecule has 1 aromatic heterocycles. The van der Waals surface area contributed by atoms with E-state index in [9.17, 15) is 22.8 Å². The van der Waals surface area contributed by atoms with Gasteiger partial charge in [-0.05, 0) is 36.4 Å². The van der Waals surface area contributed by atoms with Gasteiger partial charge in [0, 0.05) is 18.8 Å². The third-order valence-corrected chi connectivity index (χ3v) is 4.48. The van der Waals surface area contributed by atoms with Crippen LogP contribution in [-0.2, 0) is 19.6 Å². The number of benzene rings is 1. The maximum Gasteiger partial charge on any atom is 0.356 e. The van der Waals surface area contributed by atoms with Gasteiger partial charge in [0.15, 0.2) is 0 Å². The Balaban J connectivity index is 2.14. The van der Waals surface area contributed by atoms with Crippen LogP contribution in [0.15, 0.2) is 47.5 Å². The number of carbonyl (C=O) groups excluding carboxylic acids is 3. The summed E-state index contributed by atoms with van der Waals surface area (Å²) in [5, 5.41) is 2.50. The standard InChI is InChI=1S/C16H15N3O6S/c1-10(20)18-12-4-6-13(7-5-12)26(23,24)19-15(21)11-3-8-14(17-9-11)16(22)25-2/h3-9H,1-2H3,(H,18,20)(H,19,21). The van der Waals surface area contributed by atoms with Crippen LogP contribution in [0.4, 0.5) is 5.69 Å². The fourth-order valence-electron chi connectivity index (χ4n) is 1.91. The highest BCUT2D eigenvalue weighted by atomic mass is 32.2. The second-order valence-corrected chi connectivity index (χ2v) is 6.75. The first-order valence-corrected chi connectivity index (χ1v) is 8.70. The topological polar surface area (TPSA) is 132 Å². The fourth-order valence-corrected chi connectivity index (χ4v) is 2.89. The van der Waals surface area contributed by atoms with Crippen LogP contribution in [0.5, 0.6) is 0 Å². The van der Waals surface area contributed by atoms with Gasteiger partial charge in [0.05, 0.1) is 17.6 Å². The van der Waals surface area contributed by atoms with Crippen LogP contribution < -0.4 is 10.0 Å². The van der Waals surface area contributed by atoms with Crippen molar-refractivity contribution < 1.29 is 27.5 Å². The molecule has 2 aromatic rings. The number of methoxy groups -OCH3 is 1. The van der Waals surface area contributed by atoms with E-state index in [0.29, 0.717) is 5.69 Å². The molecule has 0 unspecified atom stereocenters. The molecule has 1 aromatic carbocycles. The summed E-state index contributed by atoms with van der Waals surface area (Å²) in [5.74, 6) is -1.87. The zero-order valence-electron chi connectivity index (χ0n) is 13.8. The number of esters is 1. The second-order valence-electron chi connectivity index (χ2n) is 5.06. The number of hydrogen-bond acceptors (Lipinski definition) is 7. The molecule has 9 nitrogen and oxygen atoms in total. The van der Waals surface area contributed by atoms with Crippen LogP contribution in [0.3, 0.4) is 0 Å². The Bertz CT molecular complexity index is 937. The number of nitrogens with zero attached hydrogens (tertiary/aromatic N) is 1. The Morgan fingerprint density at radius 3 is 2.19 bits per heavy atom. The number of anilines is 1. The summed E-state index contributed by atoms with van der Waals surface area (Å²) in [5.41, 5.74) is 0.363. The molecule has 0 radical (unpaired) electrons. The lowest BCUT2D eigenvalue weighted by Gasteiger charge is -2.08. The molecule has 26 heavy (non-hydrogen) atoms. The highest BCUT2D eigenvalue weighted by Crippen LogP contribution is 2.14. The van der Waals surface area contributed by atoms with Crippen molar-refractivity contribution in [1.82, 2.24) is 9.71 Å². The van der Waals surface area contributed by atoms with Crippen molar-refractivity contribution in [3.05, 3.63) is 53.9 Å². The molecule has 0 aliphatic rings. The molecule has 0 fully saturated rings. The molecule has 0 bridgehead atoms. The van der Waals surface area contributed by atoms with Crippen molar-refractivity contribution in [2.45, 2.75) is 11.8 Å². The molecule has 1 heterocycles. The van der Waals surface area contributed by atoms with Crippen molar-refractivity contribution in [1.29, 1.82) is 0 Å². The Labute approximate surface area is 149 Å². The third kappa shape index (κ3) is 4.63. The van der Waals surface area contributed by atoms with E-state index in [1.807, 2.05) is 4.72 Å². The zero-order valence-corrected chi connectivity index (χ0v) is 14.7. The first-order valence-electron chi connectivity index (χ1n) is 7.22. The van der Waals surface area contributed by atoms with Crippen molar-refractivity contribution >= 4 is 33.5 Å². The van der Waals surface area contributed by atoms with Crippen LogP contribution in [0.25, 0.3) is 0 Å². The lowest BCUT2D eigenvalue weighted by molar-refractivity contribution is -0.114. The smallest absolute Gasteiger partial charge is 0.356 e. The average Bonchev–Trinajstić information content (AvgIpc) is 2.60. The number of hydrogen-bond donors (Lipinski definition) is 2. The van der Waals surface area contributed by atoms with Gasteiger partial charge < -0.3 is 10.1 Å². The summed E-state index contributed by atoms with van der Waals surface area (Å²) in [6.45, 7) is 1.32. The normalized spacial score (nSPS) is 10.7. The Morgan fingerprint density at radius 2 is 1.69 bits per heavy atom. The summed E-state index contributed by atoms with van der Waals surface area (Å²) in [7, 11) is -2.93. The largest absolute Gasteiger partial charge is 0.464 e. The van der Waals surface area contributed by atoms with Gasteiger partial charge in [-0.1, -0.05) is 0 Å². The lowest BCUT2D eigenvalue weighted by atomic mass is 10.2. The Hall–Kier alpha value is -3.27. The van der Waals surface area contributed by atoms with E-state index >= 15 is 0 Å². The van der Waals surface area contributed by atoms with Crippen LogP contribution in [0, 0.1) is 0 Å². The van der Waals surface area contributed by atoms with Gasteiger partial charge in [-0.3, -0.25) is 9.59 Å². The maximum absolute atomic E-state index is 12.3. The first-order chi connectivity index (χ1) is 12.2. The number of aromatic nitrogens is 1. The minimum atomic E-state index is -4.12. The van der Waals surface area contributed by atoms with Crippen molar-refractivity contribution in [3.8, 4) is 0 Å². The van der Waals surface area contributed by atoms with Gasteiger partial charge in [0.1, 0.15) is 5.69 Å². The summed E-state index contributed by atoms with van der Waals surface area (Å²) in [6, 6.07) is 7.79. The van der Waals surface area contributed by atoms with Gasteiger partial charge in [0.25, 0.3) is 15.9 Å². The second kappa shape index (κ2) is 7.74. The molecule has 136 valence electrons. The van der Waals surface area contributed by atoms with Crippen LogP contribution in [0.1, 0.15) is 27.8 Å². The first kappa shape index (κ1) is 19.1. The van der Waals surface area contributed by atoms with Crippen molar-refractivity contribution in [2.75, 3.05) is 12.4 Å². The maximum atomic E-state index is 12.3. The predicted octanol–water partition coefficient (Wildman–Crippen LogP) is 0.945. The highest BCUT2D eigenvalue weighted by Gasteiger charge is 2.19. The SMILES string of the molecule is COC(=O)c1ccc(C(=O)NS(=O)(=O)c2ccc(NC(C)=O)cc2)cn1. The summed E-state index contributed by atoms with van der Waals surface area (Å²) < 4.78 is 30.9. The molecule has 0 spiro atoms. The van der Waals surface area contributed by atoms with Crippen molar-refractivity contribution in [3.63, 3.8) is 0 Å². The number of nitrogens with one attached hydrogen (secondary N) is 2. The van der Waals surface area contributed by atoms with Crippen molar-refractivity contribution in [2.24, 2.45) is 0 Å². The van der Waals surface area contributed by atoms with E-state index in [0.717, 1.165) is 6.20 Å². The number of ether oxygens (including phenoxy) is 1. The van der Waals surface area contributed by atoms with E-state index in [4.69, 9.17) is 0 Å². The number of carbonyl (C=O) groups is 3. The van der Waals surface area contributed by atoms with Crippen LogP contribution in [0.2, 0.25) is 0 Å². The average molecular weight is 377 g/mol. The molecule has 0 saturated heterocycles. The van der Waals surface area contributed by atoms with E-state index in [2.05, 4.69) is 15.0 Å². The van der Waals surface area contributed by atoms with Gasteiger partial charge in [0.2, 0.25) is 5.91 Å². The monoisotopic (exact) mass is 377 g/mol. The minimum Gasteiger partial charge on any atom is -0.464 e. The Morgan fingerprint density at radius 1 is 1.04 bits per heavy atom. The summed E-state index contributed by atoms with van der Waals surface area (Å²) in [4.78, 5) is 37.9. The van der Waals surface area contributed by atoms with Gasteiger partial charge >= 0.3 is 5.97 Å². The quantitative estimate of drug-likeness (QED) is 0.741. The van der Waals surface area contributed by atoms with Crippen LogP contribution >= 0.6 is 0 Å². The predicted molar refractivity (Wildman–Crippen MR) is 91.0 cm³/mol. The van der Waals surface area contributed by atoms with E-state index in [-0.39, 0.29) is 22.1 Å². The number of rotatable bonds is 5. The minimum absolute atomic E-state index is 0.0135. The lowest BCUT2D eigenvalue weighted by Crippen LogP contribution is -2.30. The molecule has 2 rings (SSSR count). The number of amides is 2. The molecular weight excluding hydrogens is 362 g/mol. The van der Waals surface area contributed by atoms with E-state index in [1.165, 1.54) is 50.4 Å². The van der Waals surface area contributed by atoms with Gasteiger partial charge in [-0.2, -0.15) is 0 Å². The molecule has 10 heteroatoms. The molecule has 0 saturated carbocycles. The van der Waals surface area contributed by atoms with E-state index in [1.54, 1.807) is 0 Å². The van der Waals surface area contributed by atoms with Crippen LogP contribution in [-0.4, -0.2) is 38.3 Å². The summed E-state index contributed by atoms with van der Waals surface area (Å²) in [6.07, 6.45) is 1.07. The zero-order chi connectivity index (χ0) is 19.3. The number of sulfonamides is 1. The third-order valence-electron chi connectivity index (χ3n) is 3.13. The Kier molecular flexibility index (Phi) is 5.68. The fraction of sp³-hybridized carbons (Fsp3) is 0.125. The molecular formula is C16H15N3O6S. The molecule has 2 N–H and O–H groups in total. The molecule has 0 atom stereocenters. The molecule has 2 amide bonds. The molecule has 0 aliphatic carbocycles. The van der Waals surface area contributed by atoms with Gasteiger partial charge in [-0.15, -0.1) is 0 Å². The van der Waals surface area contributed by atoms with Gasteiger partial charge in [-0.25, -0.2) is 22.9 Å². The summed E-state index contributed by atoms with van der Waals surface area (Å²) >= 11 is 0. The molecule has 0 aliphatic heterocycles. The van der Waals surface area contributed by atoms with E-state index < -0.39 is 21.9 Å². The number of pyridine rings is 1. The highest BCUT2D eigenvalue weighted by molar-refractivity contribution is 7.90.